The number of anilines is 1. The van der Waals surface area contributed by atoms with E-state index in [0.717, 1.165) is 17.5 Å². The summed E-state index contributed by atoms with van der Waals surface area (Å²) in [5, 5.41) is 11.0. The highest BCUT2D eigenvalue weighted by atomic mass is 16.2. The predicted octanol–water partition coefficient (Wildman–Crippen LogP) is 3.09. The molecule has 6 heteroatoms. The number of benzene rings is 1. The van der Waals surface area contributed by atoms with E-state index >= 15 is 0 Å². The van der Waals surface area contributed by atoms with E-state index in [1.165, 1.54) is 0 Å². The number of nitrogens with one attached hydrogen (secondary N) is 3. The number of rotatable bonds is 3. The van der Waals surface area contributed by atoms with Crippen LogP contribution in [0.2, 0.25) is 0 Å². The average Bonchev–Trinajstić information content (AvgIpc) is 2.92. The smallest absolute Gasteiger partial charge is 0.273 e. The largest absolute Gasteiger partial charge is 0.317 e. The molecule has 0 aliphatic carbocycles. The minimum Gasteiger partial charge on any atom is -0.317 e. The van der Waals surface area contributed by atoms with E-state index < -0.39 is 5.91 Å². The number of aromatic nitrogens is 3. The number of hydrogen-bond acceptors (Lipinski definition) is 3. The Kier molecular flexibility index (Phi) is 3.97. The summed E-state index contributed by atoms with van der Waals surface area (Å²) >= 11 is 0. The van der Waals surface area contributed by atoms with Crippen molar-refractivity contribution < 1.29 is 4.79 Å². The van der Waals surface area contributed by atoms with Crippen LogP contribution in [-0.4, -0.2) is 21.1 Å². The third kappa shape index (κ3) is 3.53. The predicted molar refractivity (Wildman–Crippen MR) is 94.3 cm³/mol. The number of carbonyl (C=O) groups is 1. The van der Waals surface area contributed by atoms with Gasteiger partial charge in [-0.25, -0.2) is 0 Å². The summed E-state index contributed by atoms with van der Waals surface area (Å²) in [6, 6.07) is 10.6. The zero-order valence-corrected chi connectivity index (χ0v) is 13.9. The second-order valence-corrected chi connectivity index (χ2v) is 7.07. The van der Waals surface area contributed by atoms with Gasteiger partial charge < -0.3 is 10.3 Å². The SMILES string of the molecule is CC(C)(C)Cc1cc(NC(=O)c2cc3ccccc3c(=O)[nH]2)n[nH]1. The van der Waals surface area contributed by atoms with Gasteiger partial charge in [0, 0.05) is 17.1 Å². The summed E-state index contributed by atoms with van der Waals surface area (Å²) in [5.74, 6) is 0.0416. The van der Waals surface area contributed by atoms with Crippen molar-refractivity contribution in [1.82, 2.24) is 15.2 Å². The lowest BCUT2D eigenvalue weighted by Gasteiger charge is -2.15. The van der Waals surface area contributed by atoms with Gasteiger partial charge in [0.25, 0.3) is 11.5 Å². The molecule has 0 saturated heterocycles. The molecule has 1 aromatic carbocycles. The summed E-state index contributed by atoms with van der Waals surface area (Å²) in [7, 11) is 0. The van der Waals surface area contributed by atoms with E-state index in [-0.39, 0.29) is 16.7 Å². The van der Waals surface area contributed by atoms with Gasteiger partial charge in [-0.05, 0) is 29.4 Å². The zero-order valence-electron chi connectivity index (χ0n) is 13.9. The van der Waals surface area contributed by atoms with Crippen LogP contribution in [0.1, 0.15) is 37.0 Å². The van der Waals surface area contributed by atoms with Gasteiger partial charge in [-0.15, -0.1) is 0 Å². The Bertz CT molecular complexity index is 947. The fraction of sp³-hybridized carbons (Fsp3) is 0.278. The summed E-state index contributed by atoms with van der Waals surface area (Å²) in [4.78, 5) is 27.0. The van der Waals surface area contributed by atoms with Gasteiger partial charge in [0.05, 0.1) is 0 Å². The highest BCUT2D eigenvalue weighted by Crippen LogP contribution is 2.20. The fourth-order valence-electron chi connectivity index (χ4n) is 2.60. The summed E-state index contributed by atoms with van der Waals surface area (Å²) in [5.41, 5.74) is 0.995. The number of nitrogens with zero attached hydrogens (tertiary/aromatic N) is 1. The van der Waals surface area contributed by atoms with E-state index in [2.05, 4.69) is 41.3 Å². The van der Waals surface area contributed by atoms with Crippen molar-refractivity contribution in [2.75, 3.05) is 5.32 Å². The van der Waals surface area contributed by atoms with Crippen molar-refractivity contribution in [1.29, 1.82) is 0 Å². The minimum absolute atomic E-state index is 0.122. The number of hydrogen-bond donors (Lipinski definition) is 3. The normalized spacial score (nSPS) is 11.6. The van der Waals surface area contributed by atoms with Crippen LogP contribution in [0.25, 0.3) is 10.8 Å². The van der Waals surface area contributed by atoms with Gasteiger partial charge >= 0.3 is 0 Å². The van der Waals surface area contributed by atoms with Gasteiger partial charge in [-0.3, -0.25) is 14.7 Å². The lowest BCUT2D eigenvalue weighted by Crippen LogP contribution is -2.19. The molecule has 124 valence electrons. The molecule has 3 N–H and O–H groups in total. The molecule has 0 bridgehead atoms. The van der Waals surface area contributed by atoms with Gasteiger partial charge in [-0.1, -0.05) is 39.0 Å². The number of aromatic amines is 2. The molecule has 0 spiro atoms. The molecule has 0 aliphatic rings. The third-order valence-electron chi connectivity index (χ3n) is 3.59. The number of H-pyrrole nitrogens is 2. The van der Waals surface area contributed by atoms with Gasteiger partial charge in [0.2, 0.25) is 0 Å². The second-order valence-electron chi connectivity index (χ2n) is 7.07. The first kappa shape index (κ1) is 16.0. The Balaban J connectivity index is 1.82. The van der Waals surface area contributed by atoms with Crippen molar-refractivity contribution in [3.63, 3.8) is 0 Å². The van der Waals surface area contributed by atoms with Crippen molar-refractivity contribution in [3.05, 3.63) is 58.1 Å². The number of fused-ring (bicyclic) bond motifs is 1. The summed E-state index contributed by atoms with van der Waals surface area (Å²) in [6.07, 6.45) is 0.822. The summed E-state index contributed by atoms with van der Waals surface area (Å²) in [6.45, 7) is 6.39. The Labute approximate surface area is 139 Å². The first-order valence-electron chi connectivity index (χ1n) is 7.79. The van der Waals surface area contributed by atoms with E-state index in [4.69, 9.17) is 0 Å². The molecule has 0 radical (unpaired) electrons. The third-order valence-corrected chi connectivity index (χ3v) is 3.59. The Morgan fingerprint density at radius 2 is 1.96 bits per heavy atom. The molecule has 3 rings (SSSR count). The molecule has 0 atom stereocenters. The second kappa shape index (κ2) is 5.96. The number of amides is 1. The van der Waals surface area contributed by atoms with Crippen LogP contribution in [0.4, 0.5) is 5.82 Å². The van der Waals surface area contributed by atoms with E-state index in [9.17, 15) is 9.59 Å². The molecular formula is C18H20N4O2. The maximum absolute atomic E-state index is 12.4. The maximum atomic E-state index is 12.4. The molecule has 0 unspecified atom stereocenters. The molecule has 0 fully saturated rings. The first-order chi connectivity index (χ1) is 11.3. The fourth-order valence-corrected chi connectivity index (χ4v) is 2.60. The first-order valence-corrected chi connectivity index (χ1v) is 7.79. The van der Waals surface area contributed by atoms with Crippen LogP contribution >= 0.6 is 0 Å². The molecular weight excluding hydrogens is 304 g/mol. The van der Waals surface area contributed by atoms with Crippen LogP contribution < -0.4 is 10.9 Å². The van der Waals surface area contributed by atoms with Crippen LogP contribution in [0.15, 0.2) is 41.2 Å². The Morgan fingerprint density at radius 1 is 1.21 bits per heavy atom. The zero-order chi connectivity index (χ0) is 17.3. The lowest BCUT2D eigenvalue weighted by atomic mass is 9.91. The van der Waals surface area contributed by atoms with E-state index in [1.807, 2.05) is 12.1 Å². The molecule has 6 nitrogen and oxygen atoms in total. The molecule has 24 heavy (non-hydrogen) atoms. The summed E-state index contributed by atoms with van der Waals surface area (Å²) < 4.78 is 0. The topological polar surface area (TPSA) is 90.6 Å². The van der Waals surface area contributed by atoms with E-state index in [0.29, 0.717) is 11.2 Å². The highest BCUT2D eigenvalue weighted by Gasteiger charge is 2.15. The number of carbonyl (C=O) groups excluding carboxylic acids is 1. The van der Waals surface area contributed by atoms with E-state index in [1.54, 1.807) is 24.3 Å². The molecule has 3 aromatic rings. The standard InChI is InChI=1S/C18H20N4O2/c1-18(2,3)10-12-9-15(22-21-12)20-17(24)14-8-11-6-4-5-7-13(11)16(23)19-14/h4-9H,10H2,1-3H3,(H,19,23)(H2,20,21,22,24). The maximum Gasteiger partial charge on any atom is 0.273 e. The average molecular weight is 324 g/mol. The van der Waals surface area contributed by atoms with Crippen LogP contribution in [0, 0.1) is 5.41 Å². The van der Waals surface area contributed by atoms with Crippen molar-refractivity contribution >= 4 is 22.5 Å². The van der Waals surface area contributed by atoms with Gasteiger partial charge in [-0.2, -0.15) is 5.10 Å². The molecule has 2 aromatic heterocycles. The molecule has 0 aliphatic heterocycles. The van der Waals surface area contributed by atoms with Crippen LogP contribution in [0.5, 0.6) is 0 Å². The monoisotopic (exact) mass is 324 g/mol. The molecule has 0 saturated carbocycles. The minimum atomic E-state index is -0.397. The van der Waals surface area contributed by atoms with Crippen molar-refractivity contribution in [2.24, 2.45) is 5.41 Å². The molecule has 1 amide bonds. The van der Waals surface area contributed by atoms with Gasteiger partial charge in [0.1, 0.15) is 5.69 Å². The number of pyridine rings is 1. The van der Waals surface area contributed by atoms with Crippen molar-refractivity contribution in [2.45, 2.75) is 27.2 Å². The highest BCUT2D eigenvalue weighted by molar-refractivity contribution is 6.04. The Hall–Kier alpha value is -2.89. The quantitative estimate of drug-likeness (QED) is 0.691. The van der Waals surface area contributed by atoms with Crippen LogP contribution in [-0.2, 0) is 6.42 Å². The molecule has 2 heterocycles. The van der Waals surface area contributed by atoms with Crippen molar-refractivity contribution in [3.8, 4) is 0 Å². The van der Waals surface area contributed by atoms with Gasteiger partial charge in [0.15, 0.2) is 5.82 Å². The van der Waals surface area contributed by atoms with Crippen LogP contribution in [0.3, 0.4) is 0 Å². The Morgan fingerprint density at radius 3 is 2.71 bits per heavy atom. The lowest BCUT2D eigenvalue weighted by molar-refractivity contribution is 0.102.